The minimum atomic E-state index is -0.262. The normalized spacial score (nSPS) is 24.4. The second-order valence-corrected chi connectivity index (χ2v) is 6.28. The van der Waals surface area contributed by atoms with Gasteiger partial charge in [-0.25, -0.2) is 0 Å². The van der Waals surface area contributed by atoms with Crippen LogP contribution in [0.3, 0.4) is 0 Å². The molecule has 1 heterocycles. The fourth-order valence-electron chi connectivity index (χ4n) is 3.61. The van der Waals surface area contributed by atoms with Crippen molar-refractivity contribution in [3.63, 3.8) is 0 Å². The number of likely N-dealkylation sites (tertiary alicyclic amines) is 1. The van der Waals surface area contributed by atoms with Gasteiger partial charge in [-0.1, -0.05) is 32.6 Å². The SMILES string of the molecule is CCCCC(N)C(=O)N1CCC2(CCCC2)CC1. The van der Waals surface area contributed by atoms with Gasteiger partial charge in [0.1, 0.15) is 0 Å². The molecule has 0 aromatic heterocycles. The molecule has 104 valence electrons. The van der Waals surface area contributed by atoms with Gasteiger partial charge in [0.15, 0.2) is 0 Å². The number of hydrogen-bond acceptors (Lipinski definition) is 2. The molecular formula is C15H28N2O. The monoisotopic (exact) mass is 252 g/mol. The van der Waals surface area contributed by atoms with Gasteiger partial charge in [0.05, 0.1) is 6.04 Å². The van der Waals surface area contributed by atoms with E-state index in [2.05, 4.69) is 6.92 Å². The van der Waals surface area contributed by atoms with Crippen LogP contribution in [0.4, 0.5) is 0 Å². The minimum Gasteiger partial charge on any atom is -0.341 e. The lowest BCUT2D eigenvalue weighted by Crippen LogP contribution is -2.48. The summed E-state index contributed by atoms with van der Waals surface area (Å²) in [6.07, 6.45) is 11.0. The molecule has 0 radical (unpaired) electrons. The minimum absolute atomic E-state index is 0.191. The van der Waals surface area contributed by atoms with Crippen molar-refractivity contribution in [1.29, 1.82) is 0 Å². The highest BCUT2D eigenvalue weighted by Gasteiger charge is 2.38. The molecule has 1 saturated heterocycles. The molecule has 1 unspecified atom stereocenters. The number of amides is 1. The highest BCUT2D eigenvalue weighted by Crippen LogP contribution is 2.46. The summed E-state index contributed by atoms with van der Waals surface area (Å²) in [7, 11) is 0. The maximum atomic E-state index is 12.2. The standard InChI is InChI=1S/C15H28N2O/c1-2-3-6-13(16)14(18)17-11-9-15(10-12-17)7-4-5-8-15/h13H,2-12,16H2,1H3. The molecule has 1 saturated carbocycles. The van der Waals surface area contributed by atoms with Crippen molar-refractivity contribution < 1.29 is 4.79 Å². The molecule has 2 N–H and O–H groups in total. The molecule has 0 aromatic rings. The molecule has 2 rings (SSSR count). The van der Waals surface area contributed by atoms with Gasteiger partial charge in [-0.3, -0.25) is 4.79 Å². The van der Waals surface area contributed by atoms with Crippen molar-refractivity contribution in [2.45, 2.75) is 70.8 Å². The molecule has 1 amide bonds. The molecule has 2 aliphatic rings. The average Bonchev–Trinajstić information content (AvgIpc) is 2.84. The van der Waals surface area contributed by atoms with Crippen LogP contribution in [-0.2, 0) is 4.79 Å². The summed E-state index contributed by atoms with van der Waals surface area (Å²) in [5.41, 5.74) is 6.58. The molecule has 1 aliphatic carbocycles. The molecule has 0 bridgehead atoms. The van der Waals surface area contributed by atoms with Gasteiger partial charge >= 0.3 is 0 Å². The summed E-state index contributed by atoms with van der Waals surface area (Å²) in [6, 6.07) is -0.262. The van der Waals surface area contributed by atoms with Crippen LogP contribution in [-0.4, -0.2) is 29.9 Å². The maximum Gasteiger partial charge on any atom is 0.239 e. The lowest BCUT2D eigenvalue weighted by molar-refractivity contribution is -0.135. The van der Waals surface area contributed by atoms with Crippen LogP contribution in [0.2, 0.25) is 0 Å². The number of rotatable bonds is 4. The quantitative estimate of drug-likeness (QED) is 0.836. The van der Waals surface area contributed by atoms with Gasteiger partial charge in [-0.15, -0.1) is 0 Å². The van der Waals surface area contributed by atoms with E-state index in [-0.39, 0.29) is 11.9 Å². The van der Waals surface area contributed by atoms with Crippen LogP contribution in [0, 0.1) is 5.41 Å². The summed E-state index contributed by atoms with van der Waals surface area (Å²) >= 11 is 0. The van der Waals surface area contributed by atoms with E-state index in [9.17, 15) is 4.79 Å². The lowest BCUT2D eigenvalue weighted by atomic mass is 9.77. The van der Waals surface area contributed by atoms with E-state index in [1.807, 2.05) is 4.90 Å². The Bertz CT molecular complexity index is 274. The Morgan fingerprint density at radius 1 is 1.22 bits per heavy atom. The predicted molar refractivity (Wildman–Crippen MR) is 74.2 cm³/mol. The number of piperidine rings is 1. The van der Waals surface area contributed by atoms with Crippen LogP contribution in [0.5, 0.6) is 0 Å². The first-order chi connectivity index (χ1) is 8.67. The smallest absolute Gasteiger partial charge is 0.239 e. The Labute approximate surface area is 111 Å². The van der Waals surface area contributed by atoms with Gasteiger partial charge in [0.2, 0.25) is 5.91 Å². The van der Waals surface area contributed by atoms with Crippen molar-refractivity contribution in [3.8, 4) is 0 Å². The molecule has 0 aromatic carbocycles. The van der Waals surface area contributed by atoms with Crippen LogP contribution >= 0.6 is 0 Å². The summed E-state index contributed by atoms with van der Waals surface area (Å²) in [5, 5.41) is 0. The third-order valence-electron chi connectivity index (χ3n) is 4.99. The Morgan fingerprint density at radius 3 is 2.39 bits per heavy atom. The second kappa shape index (κ2) is 6.05. The van der Waals surface area contributed by atoms with E-state index in [4.69, 9.17) is 5.73 Å². The zero-order valence-corrected chi connectivity index (χ0v) is 11.8. The highest BCUT2D eigenvalue weighted by molar-refractivity contribution is 5.81. The van der Waals surface area contributed by atoms with Gasteiger partial charge < -0.3 is 10.6 Å². The Hall–Kier alpha value is -0.570. The Morgan fingerprint density at radius 2 is 1.83 bits per heavy atom. The molecule has 3 heteroatoms. The summed E-state index contributed by atoms with van der Waals surface area (Å²) in [5.74, 6) is 0.191. The Balaban J connectivity index is 1.79. The Kier molecular flexibility index (Phi) is 4.66. The van der Waals surface area contributed by atoms with Crippen molar-refractivity contribution in [2.75, 3.05) is 13.1 Å². The fourth-order valence-corrected chi connectivity index (χ4v) is 3.61. The van der Waals surface area contributed by atoms with Crippen LogP contribution in [0.25, 0.3) is 0 Å². The molecular weight excluding hydrogens is 224 g/mol. The number of hydrogen-bond donors (Lipinski definition) is 1. The van der Waals surface area contributed by atoms with E-state index in [1.165, 1.54) is 38.5 Å². The third-order valence-corrected chi connectivity index (χ3v) is 4.99. The largest absolute Gasteiger partial charge is 0.341 e. The van der Waals surface area contributed by atoms with Gasteiger partial charge in [-0.2, -0.15) is 0 Å². The zero-order chi connectivity index (χ0) is 13.0. The van der Waals surface area contributed by atoms with Crippen molar-refractivity contribution >= 4 is 5.91 Å². The van der Waals surface area contributed by atoms with Gasteiger partial charge in [-0.05, 0) is 37.5 Å². The van der Waals surface area contributed by atoms with Gasteiger partial charge in [0, 0.05) is 13.1 Å². The molecule has 1 spiro atoms. The number of carbonyl (C=O) groups is 1. The number of nitrogens with two attached hydrogens (primary N) is 1. The van der Waals surface area contributed by atoms with E-state index in [1.54, 1.807) is 0 Å². The van der Waals surface area contributed by atoms with Crippen molar-refractivity contribution in [1.82, 2.24) is 4.90 Å². The van der Waals surface area contributed by atoms with E-state index in [0.29, 0.717) is 5.41 Å². The van der Waals surface area contributed by atoms with Crippen LogP contribution in [0.1, 0.15) is 64.7 Å². The average molecular weight is 252 g/mol. The summed E-state index contributed by atoms with van der Waals surface area (Å²) in [4.78, 5) is 14.2. The topological polar surface area (TPSA) is 46.3 Å². The van der Waals surface area contributed by atoms with Crippen LogP contribution in [0.15, 0.2) is 0 Å². The van der Waals surface area contributed by atoms with E-state index < -0.39 is 0 Å². The zero-order valence-electron chi connectivity index (χ0n) is 11.8. The highest BCUT2D eigenvalue weighted by atomic mass is 16.2. The predicted octanol–water partition coefficient (Wildman–Crippen LogP) is 2.69. The third kappa shape index (κ3) is 3.05. The second-order valence-electron chi connectivity index (χ2n) is 6.28. The molecule has 2 fully saturated rings. The lowest BCUT2D eigenvalue weighted by Gasteiger charge is -2.40. The fraction of sp³-hybridized carbons (Fsp3) is 0.933. The molecule has 1 atom stereocenters. The number of carbonyl (C=O) groups excluding carboxylic acids is 1. The molecule has 18 heavy (non-hydrogen) atoms. The first-order valence-corrected chi connectivity index (χ1v) is 7.71. The van der Waals surface area contributed by atoms with Gasteiger partial charge in [0.25, 0.3) is 0 Å². The molecule has 1 aliphatic heterocycles. The summed E-state index contributed by atoms with van der Waals surface area (Å²) in [6.45, 7) is 4.03. The van der Waals surface area contributed by atoms with E-state index >= 15 is 0 Å². The number of unbranched alkanes of at least 4 members (excludes halogenated alkanes) is 1. The van der Waals surface area contributed by atoms with E-state index in [0.717, 1.165) is 32.4 Å². The van der Waals surface area contributed by atoms with Crippen molar-refractivity contribution in [3.05, 3.63) is 0 Å². The number of nitrogens with zero attached hydrogens (tertiary/aromatic N) is 1. The summed E-state index contributed by atoms with van der Waals surface area (Å²) < 4.78 is 0. The van der Waals surface area contributed by atoms with Crippen molar-refractivity contribution in [2.24, 2.45) is 11.1 Å². The molecule has 3 nitrogen and oxygen atoms in total. The first kappa shape index (κ1) is 13.9. The maximum absolute atomic E-state index is 12.2. The first-order valence-electron chi connectivity index (χ1n) is 7.71. The van der Waals surface area contributed by atoms with Crippen LogP contribution < -0.4 is 5.73 Å².